The highest BCUT2D eigenvalue weighted by Gasteiger charge is 2.45. The van der Waals surface area contributed by atoms with Crippen LogP contribution in [0.15, 0.2) is 24.5 Å². The highest BCUT2D eigenvalue weighted by Crippen LogP contribution is 2.31. The number of cyclic esters (lactones) is 1. The number of amides is 1. The van der Waals surface area contributed by atoms with Gasteiger partial charge in [-0.2, -0.15) is 5.10 Å². The molecule has 7 nitrogen and oxygen atoms in total. The van der Waals surface area contributed by atoms with Crippen LogP contribution >= 0.6 is 0 Å². The first-order valence-corrected chi connectivity index (χ1v) is 6.49. The molecule has 102 valence electrons. The molecule has 4 rings (SSSR count). The Labute approximate surface area is 114 Å². The molecule has 2 atom stereocenters. The average molecular weight is 272 g/mol. The minimum Gasteiger partial charge on any atom is -0.465 e. The van der Waals surface area contributed by atoms with Gasteiger partial charge in [0.15, 0.2) is 5.65 Å². The number of carbonyl (C=O) groups is 2. The van der Waals surface area contributed by atoms with Crippen LogP contribution in [0.1, 0.15) is 10.5 Å². The van der Waals surface area contributed by atoms with Crippen LogP contribution in [0, 0.1) is 11.8 Å². The van der Waals surface area contributed by atoms with Gasteiger partial charge in [-0.15, -0.1) is 0 Å². The highest BCUT2D eigenvalue weighted by molar-refractivity contribution is 5.94. The summed E-state index contributed by atoms with van der Waals surface area (Å²) in [7, 11) is 0. The zero-order valence-electron chi connectivity index (χ0n) is 10.6. The van der Waals surface area contributed by atoms with Crippen LogP contribution in [0.4, 0.5) is 0 Å². The van der Waals surface area contributed by atoms with Crippen LogP contribution < -0.4 is 0 Å². The predicted molar refractivity (Wildman–Crippen MR) is 66.8 cm³/mol. The van der Waals surface area contributed by atoms with Crippen molar-refractivity contribution in [2.24, 2.45) is 11.8 Å². The summed E-state index contributed by atoms with van der Waals surface area (Å²) in [5.41, 5.74) is 1.10. The number of hydrogen-bond acceptors (Lipinski definition) is 5. The number of aromatic nitrogens is 3. The summed E-state index contributed by atoms with van der Waals surface area (Å²) in [6, 6.07) is 5.29. The van der Waals surface area contributed by atoms with E-state index < -0.39 is 0 Å². The van der Waals surface area contributed by atoms with Crippen LogP contribution in [0.3, 0.4) is 0 Å². The molecule has 0 saturated carbocycles. The van der Waals surface area contributed by atoms with Crippen molar-refractivity contribution >= 4 is 17.5 Å². The Morgan fingerprint density at radius 1 is 1.35 bits per heavy atom. The zero-order valence-corrected chi connectivity index (χ0v) is 10.6. The fourth-order valence-corrected chi connectivity index (χ4v) is 2.94. The van der Waals surface area contributed by atoms with Gasteiger partial charge in [-0.25, -0.2) is 9.50 Å². The third kappa shape index (κ3) is 1.52. The van der Waals surface area contributed by atoms with Crippen molar-refractivity contribution in [1.82, 2.24) is 19.5 Å². The van der Waals surface area contributed by atoms with Gasteiger partial charge in [-0.05, 0) is 12.1 Å². The monoisotopic (exact) mass is 272 g/mol. The quantitative estimate of drug-likeness (QED) is 0.682. The lowest BCUT2D eigenvalue weighted by Gasteiger charge is -2.17. The lowest BCUT2D eigenvalue weighted by molar-refractivity contribution is -0.141. The maximum atomic E-state index is 12.6. The first kappa shape index (κ1) is 11.4. The number of fused-ring (bicyclic) bond motifs is 2. The Bertz CT molecular complexity index is 710. The van der Waals surface area contributed by atoms with Gasteiger partial charge in [-0.3, -0.25) is 9.59 Å². The van der Waals surface area contributed by atoms with Gasteiger partial charge in [0.05, 0.1) is 12.5 Å². The molecule has 0 radical (unpaired) electrons. The zero-order chi connectivity index (χ0) is 13.7. The first-order valence-electron chi connectivity index (χ1n) is 6.49. The molecule has 0 N–H and O–H groups in total. The minimum absolute atomic E-state index is 0.122. The topological polar surface area (TPSA) is 76.8 Å². The largest absolute Gasteiger partial charge is 0.465 e. The molecule has 4 heterocycles. The normalized spacial score (nSPS) is 25.0. The maximum absolute atomic E-state index is 12.6. The average Bonchev–Trinajstić information content (AvgIpc) is 3.14. The van der Waals surface area contributed by atoms with Gasteiger partial charge in [0.1, 0.15) is 12.0 Å². The Morgan fingerprint density at radius 3 is 3.10 bits per heavy atom. The molecule has 0 aliphatic carbocycles. The van der Waals surface area contributed by atoms with Crippen molar-refractivity contribution in [1.29, 1.82) is 0 Å². The van der Waals surface area contributed by atoms with E-state index in [-0.39, 0.29) is 23.7 Å². The smallest absolute Gasteiger partial charge is 0.311 e. The second kappa shape index (κ2) is 4.03. The van der Waals surface area contributed by atoms with Crippen molar-refractivity contribution in [2.75, 3.05) is 19.7 Å². The highest BCUT2D eigenvalue weighted by atomic mass is 16.5. The minimum atomic E-state index is -0.190. The molecule has 2 saturated heterocycles. The van der Waals surface area contributed by atoms with E-state index in [1.165, 1.54) is 10.8 Å². The van der Waals surface area contributed by atoms with Crippen LogP contribution in [0.5, 0.6) is 0 Å². The number of esters is 1. The Hall–Kier alpha value is -2.44. The van der Waals surface area contributed by atoms with E-state index in [1.54, 1.807) is 23.1 Å². The van der Waals surface area contributed by atoms with E-state index in [0.29, 0.717) is 31.0 Å². The van der Waals surface area contributed by atoms with Crippen LogP contribution in [0.25, 0.3) is 5.65 Å². The van der Waals surface area contributed by atoms with Crippen LogP contribution in [0.2, 0.25) is 0 Å². The fraction of sp³-hybridized carbons (Fsp3) is 0.385. The molecule has 0 spiro atoms. The number of rotatable bonds is 1. The summed E-state index contributed by atoms with van der Waals surface area (Å²) in [5, 5.41) is 4.06. The summed E-state index contributed by atoms with van der Waals surface area (Å²) < 4.78 is 6.53. The van der Waals surface area contributed by atoms with Crippen molar-refractivity contribution in [2.45, 2.75) is 0 Å². The molecule has 1 amide bonds. The number of nitrogens with zero attached hydrogens (tertiary/aromatic N) is 4. The molecular formula is C13H12N4O3. The predicted octanol–water partition coefficient (Wildman–Crippen LogP) is -0.0257. The third-order valence-corrected chi connectivity index (χ3v) is 3.99. The summed E-state index contributed by atoms with van der Waals surface area (Å²) in [6.07, 6.45) is 1.42. The molecular weight excluding hydrogens is 260 g/mol. The van der Waals surface area contributed by atoms with E-state index in [2.05, 4.69) is 10.1 Å². The summed E-state index contributed by atoms with van der Waals surface area (Å²) in [5.74, 6) is -0.358. The summed E-state index contributed by atoms with van der Waals surface area (Å²) in [6.45, 7) is 1.40. The molecule has 0 unspecified atom stereocenters. The molecule has 2 aliphatic heterocycles. The number of ether oxygens (including phenoxy) is 1. The van der Waals surface area contributed by atoms with Gasteiger partial charge in [-0.1, -0.05) is 6.07 Å². The second-order valence-electron chi connectivity index (χ2n) is 5.15. The van der Waals surface area contributed by atoms with E-state index in [4.69, 9.17) is 4.74 Å². The van der Waals surface area contributed by atoms with Gasteiger partial charge < -0.3 is 9.64 Å². The molecule has 20 heavy (non-hydrogen) atoms. The molecule has 2 aliphatic rings. The van der Waals surface area contributed by atoms with Crippen LogP contribution in [-0.4, -0.2) is 51.1 Å². The number of carbonyl (C=O) groups excluding carboxylic acids is 2. The van der Waals surface area contributed by atoms with Gasteiger partial charge in [0.25, 0.3) is 5.91 Å². The first-order chi connectivity index (χ1) is 9.74. The summed E-state index contributed by atoms with van der Waals surface area (Å²) >= 11 is 0. The number of likely N-dealkylation sites (tertiary alicyclic amines) is 1. The lowest BCUT2D eigenvalue weighted by atomic mass is 10.0. The van der Waals surface area contributed by atoms with E-state index in [1.807, 2.05) is 0 Å². The number of hydrogen-bond donors (Lipinski definition) is 0. The van der Waals surface area contributed by atoms with Crippen LogP contribution in [-0.2, 0) is 9.53 Å². The van der Waals surface area contributed by atoms with Gasteiger partial charge >= 0.3 is 5.97 Å². The summed E-state index contributed by atoms with van der Waals surface area (Å²) in [4.78, 5) is 29.9. The SMILES string of the molecule is O=C1OC[C@H]2CN(C(=O)c3cccc4ncnn34)C[C@@H]12. The second-order valence-corrected chi connectivity index (χ2v) is 5.15. The molecule has 2 aromatic heterocycles. The van der Waals surface area contributed by atoms with Crippen molar-refractivity contribution < 1.29 is 14.3 Å². The van der Waals surface area contributed by atoms with Gasteiger partial charge in [0.2, 0.25) is 0 Å². The third-order valence-electron chi connectivity index (χ3n) is 3.99. The Kier molecular flexibility index (Phi) is 2.29. The fourth-order valence-electron chi connectivity index (χ4n) is 2.94. The molecule has 2 fully saturated rings. The molecule has 0 bridgehead atoms. The standard InChI is InChI=1S/C13H12N4O3/c18-12(10-2-1-3-11-14-7-15-17(10)11)16-4-8-6-20-13(19)9(8)5-16/h1-3,7-9H,4-6H2/t8-,9-/m1/s1. The van der Waals surface area contributed by atoms with E-state index in [0.717, 1.165) is 0 Å². The molecule has 7 heteroatoms. The number of pyridine rings is 1. The van der Waals surface area contributed by atoms with Crippen molar-refractivity contribution in [3.05, 3.63) is 30.2 Å². The molecule has 0 aromatic carbocycles. The van der Waals surface area contributed by atoms with Crippen molar-refractivity contribution in [3.8, 4) is 0 Å². The van der Waals surface area contributed by atoms with Gasteiger partial charge in [0, 0.05) is 19.0 Å². The Balaban J connectivity index is 1.65. The lowest BCUT2D eigenvalue weighted by Crippen LogP contribution is -2.32. The van der Waals surface area contributed by atoms with E-state index in [9.17, 15) is 9.59 Å². The molecule has 2 aromatic rings. The van der Waals surface area contributed by atoms with Crippen molar-refractivity contribution in [3.63, 3.8) is 0 Å². The maximum Gasteiger partial charge on any atom is 0.311 e. The Morgan fingerprint density at radius 2 is 2.25 bits per heavy atom. The van der Waals surface area contributed by atoms with E-state index >= 15 is 0 Å².